The van der Waals surface area contributed by atoms with Crippen molar-refractivity contribution >= 4 is 21.9 Å². The van der Waals surface area contributed by atoms with E-state index in [0.717, 1.165) is 25.7 Å². The molecule has 0 atom stereocenters. The molecular formula is C12H22N2O5S. The Labute approximate surface area is 119 Å². The van der Waals surface area contributed by atoms with Gasteiger partial charge in [0.05, 0.1) is 6.42 Å². The summed E-state index contributed by atoms with van der Waals surface area (Å²) in [5.41, 5.74) is 0. The van der Waals surface area contributed by atoms with E-state index in [1.807, 2.05) is 0 Å². The molecule has 0 aromatic heterocycles. The number of carbonyl (C=O) groups is 2. The molecule has 7 nitrogen and oxygen atoms in total. The van der Waals surface area contributed by atoms with Crippen molar-refractivity contribution in [1.29, 1.82) is 0 Å². The van der Waals surface area contributed by atoms with Crippen LogP contribution in [0.25, 0.3) is 0 Å². The summed E-state index contributed by atoms with van der Waals surface area (Å²) in [5.74, 6) is -1.75. The fraction of sp³-hybridized carbons (Fsp3) is 0.833. The van der Waals surface area contributed by atoms with E-state index in [4.69, 9.17) is 5.11 Å². The molecule has 0 unspecified atom stereocenters. The lowest BCUT2D eigenvalue weighted by Crippen LogP contribution is -2.42. The Kier molecular flexibility index (Phi) is 6.41. The monoisotopic (exact) mass is 306 g/mol. The van der Waals surface area contributed by atoms with Gasteiger partial charge in [-0.3, -0.25) is 9.59 Å². The highest BCUT2D eigenvalue weighted by molar-refractivity contribution is 7.90. The number of rotatable bonds is 7. The van der Waals surface area contributed by atoms with Crippen LogP contribution in [-0.4, -0.2) is 43.7 Å². The van der Waals surface area contributed by atoms with Gasteiger partial charge < -0.3 is 10.4 Å². The maximum atomic E-state index is 11.8. The first-order valence-electron chi connectivity index (χ1n) is 6.77. The van der Waals surface area contributed by atoms with Crippen molar-refractivity contribution in [2.24, 2.45) is 5.92 Å². The minimum atomic E-state index is -3.66. The van der Waals surface area contributed by atoms with Crippen LogP contribution in [0.1, 0.15) is 39.0 Å². The first kappa shape index (κ1) is 16.9. The van der Waals surface area contributed by atoms with Crippen molar-refractivity contribution < 1.29 is 23.1 Å². The van der Waals surface area contributed by atoms with Crippen molar-refractivity contribution in [2.75, 3.05) is 12.3 Å². The smallest absolute Gasteiger partial charge is 0.305 e. The van der Waals surface area contributed by atoms with Crippen LogP contribution in [0.2, 0.25) is 0 Å². The minimum absolute atomic E-state index is 0.0649. The van der Waals surface area contributed by atoms with Gasteiger partial charge in [0.1, 0.15) is 5.75 Å². The average Bonchev–Trinajstić information content (AvgIpc) is 2.30. The molecule has 116 valence electrons. The fourth-order valence-electron chi connectivity index (χ4n) is 2.21. The highest BCUT2D eigenvalue weighted by atomic mass is 32.2. The Morgan fingerprint density at radius 3 is 2.35 bits per heavy atom. The molecule has 1 amide bonds. The Morgan fingerprint density at radius 1 is 1.20 bits per heavy atom. The summed E-state index contributed by atoms with van der Waals surface area (Å²) in [6, 6.07) is -0.0944. The SMILES string of the molecule is CC1CCC(NS(=O)(=O)CC(=O)NCCC(=O)O)CC1. The van der Waals surface area contributed by atoms with Crippen molar-refractivity contribution in [2.45, 2.75) is 45.1 Å². The van der Waals surface area contributed by atoms with Crippen molar-refractivity contribution in [3.63, 3.8) is 0 Å². The fourth-order valence-corrected chi connectivity index (χ4v) is 3.48. The van der Waals surface area contributed by atoms with Crippen molar-refractivity contribution in [1.82, 2.24) is 10.0 Å². The van der Waals surface area contributed by atoms with E-state index < -0.39 is 27.7 Å². The van der Waals surface area contributed by atoms with E-state index in [-0.39, 0.29) is 19.0 Å². The topological polar surface area (TPSA) is 113 Å². The van der Waals surface area contributed by atoms with Gasteiger partial charge in [0.25, 0.3) is 0 Å². The van der Waals surface area contributed by atoms with E-state index in [9.17, 15) is 18.0 Å². The van der Waals surface area contributed by atoms with Gasteiger partial charge in [-0.15, -0.1) is 0 Å². The molecule has 1 saturated carbocycles. The third kappa shape index (κ3) is 6.85. The molecule has 3 N–H and O–H groups in total. The predicted octanol–water partition coefficient (Wildman–Crippen LogP) is 0.0754. The van der Waals surface area contributed by atoms with E-state index in [2.05, 4.69) is 17.0 Å². The van der Waals surface area contributed by atoms with Crippen LogP contribution in [0.5, 0.6) is 0 Å². The van der Waals surface area contributed by atoms with Crippen LogP contribution in [-0.2, 0) is 19.6 Å². The third-order valence-electron chi connectivity index (χ3n) is 3.34. The molecular weight excluding hydrogens is 284 g/mol. The maximum Gasteiger partial charge on any atom is 0.305 e. The zero-order valence-corrected chi connectivity index (χ0v) is 12.4. The lowest BCUT2D eigenvalue weighted by molar-refractivity contribution is -0.136. The normalized spacial score (nSPS) is 23.2. The van der Waals surface area contributed by atoms with E-state index >= 15 is 0 Å². The quantitative estimate of drug-likeness (QED) is 0.616. The highest BCUT2D eigenvalue weighted by Crippen LogP contribution is 2.23. The molecule has 20 heavy (non-hydrogen) atoms. The molecule has 1 aliphatic carbocycles. The van der Waals surface area contributed by atoms with Crippen molar-refractivity contribution in [3.8, 4) is 0 Å². The van der Waals surface area contributed by atoms with E-state index in [1.54, 1.807) is 0 Å². The number of hydrogen-bond acceptors (Lipinski definition) is 4. The van der Waals surface area contributed by atoms with Crippen LogP contribution in [0, 0.1) is 5.92 Å². The lowest BCUT2D eigenvalue weighted by atomic mass is 9.88. The Bertz CT molecular complexity index is 441. The third-order valence-corrected chi connectivity index (χ3v) is 4.68. The van der Waals surface area contributed by atoms with Crippen molar-refractivity contribution in [3.05, 3.63) is 0 Å². The van der Waals surface area contributed by atoms with Gasteiger partial charge in [0.2, 0.25) is 15.9 Å². The average molecular weight is 306 g/mol. The number of carbonyl (C=O) groups excluding carboxylic acids is 1. The number of hydrogen-bond donors (Lipinski definition) is 3. The van der Waals surface area contributed by atoms with Gasteiger partial charge in [0.15, 0.2) is 0 Å². The number of carboxylic acids is 1. The number of nitrogens with one attached hydrogen (secondary N) is 2. The standard InChI is InChI=1S/C12H22N2O5S/c1-9-2-4-10(5-3-9)14-20(18,19)8-11(15)13-7-6-12(16)17/h9-10,14H,2-8H2,1H3,(H,13,15)(H,16,17). The molecule has 8 heteroatoms. The van der Waals surface area contributed by atoms with Crippen LogP contribution < -0.4 is 10.0 Å². The van der Waals surface area contributed by atoms with Crippen LogP contribution in [0.15, 0.2) is 0 Å². The first-order valence-corrected chi connectivity index (χ1v) is 8.42. The van der Waals surface area contributed by atoms with Crippen LogP contribution in [0.3, 0.4) is 0 Å². The molecule has 0 spiro atoms. The largest absolute Gasteiger partial charge is 0.481 e. The van der Waals surface area contributed by atoms with Gasteiger partial charge in [-0.05, 0) is 31.6 Å². The zero-order valence-electron chi connectivity index (χ0n) is 11.6. The Balaban J connectivity index is 2.33. The Hall–Kier alpha value is -1.15. The lowest BCUT2D eigenvalue weighted by Gasteiger charge is -2.26. The molecule has 1 rings (SSSR count). The minimum Gasteiger partial charge on any atom is -0.481 e. The summed E-state index contributed by atoms with van der Waals surface area (Å²) in [4.78, 5) is 21.7. The van der Waals surface area contributed by atoms with E-state index in [0.29, 0.717) is 5.92 Å². The summed E-state index contributed by atoms with van der Waals surface area (Å²) in [6.45, 7) is 2.07. The van der Waals surface area contributed by atoms with Gasteiger partial charge >= 0.3 is 5.97 Å². The molecule has 0 aliphatic heterocycles. The van der Waals surface area contributed by atoms with Crippen LogP contribution in [0.4, 0.5) is 0 Å². The van der Waals surface area contributed by atoms with Gasteiger partial charge in [-0.1, -0.05) is 6.92 Å². The maximum absolute atomic E-state index is 11.8. The number of sulfonamides is 1. The number of carboxylic acid groups (broad SMARTS) is 1. The van der Waals surface area contributed by atoms with Gasteiger partial charge in [0, 0.05) is 12.6 Å². The number of aliphatic carboxylic acids is 1. The molecule has 1 fully saturated rings. The molecule has 0 heterocycles. The highest BCUT2D eigenvalue weighted by Gasteiger charge is 2.24. The van der Waals surface area contributed by atoms with Crippen LogP contribution >= 0.6 is 0 Å². The Morgan fingerprint density at radius 2 is 1.80 bits per heavy atom. The van der Waals surface area contributed by atoms with Gasteiger partial charge in [-0.25, -0.2) is 13.1 Å². The summed E-state index contributed by atoms with van der Waals surface area (Å²) < 4.78 is 26.1. The molecule has 0 aromatic carbocycles. The first-order chi connectivity index (χ1) is 9.28. The zero-order chi connectivity index (χ0) is 15.2. The molecule has 1 aliphatic rings. The summed E-state index contributed by atoms with van der Waals surface area (Å²) in [7, 11) is -3.66. The second kappa shape index (κ2) is 7.58. The van der Waals surface area contributed by atoms with E-state index in [1.165, 1.54) is 0 Å². The molecule has 0 aromatic rings. The summed E-state index contributed by atoms with van der Waals surface area (Å²) in [6.07, 6.45) is 3.33. The molecule has 0 saturated heterocycles. The van der Waals surface area contributed by atoms with Gasteiger partial charge in [-0.2, -0.15) is 0 Å². The second-order valence-electron chi connectivity index (χ2n) is 5.33. The number of amides is 1. The summed E-state index contributed by atoms with van der Waals surface area (Å²) in [5, 5.41) is 10.7. The predicted molar refractivity (Wildman–Crippen MR) is 73.6 cm³/mol. The second-order valence-corrected chi connectivity index (χ2v) is 7.08. The molecule has 0 bridgehead atoms. The summed E-state index contributed by atoms with van der Waals surface area (Å²) >= 11 is 0. The molecule has 0 radical (unpaired) electrons.